The number of nitro benzene ring substituents is 1. The first-order valence-corrected chi connectivity index (χ1v) is 17.2. The van der Waals surface area contributed by atoms with Gasteiger partial charge in [-0.3, -0.25) is 29.4 Å². The largest absolute Gasteiger partial charge is 0.467 e. The number of non-ortho nitro benzene ring substituents is 1. The van der Waals surface area contributed by atoms with Crippen LogP contribution >= 0.6 is 0 Å². The number of nitrogens with one attached hydrogen (secondary N) is 3. The number of benzene rings is 2. The summed E-state index contributed by atoms with van der Waals surface area (Å²) in [4.78, 5) is 88.1. The minimum atomic E-state index is -2.14. The van der Waals surface area contributed by atoms with E-state index in [4.69, 9.17) is 16.6 Å². The van der Waals surface area contributed by atoms with Crippen LogP contribution in [0.5, 0.6) is 0 Å². The van der Waals surface area contributed by atoms with Crippen LogP contribution in [0.3, 0.4) is 0 Å². The Bertz CT molecular complexity index is 1780. The molecule has 5 atom stereocenters. The predicted molar refractivity (Wildman–Crippen MR) is 195 cm³/mol. The summed E-state index contributed by atoms with van der Waals surface area (Å²) in [5, 5.41) is 28.1. The highest BCUT2D eigenvalue weighted by atomic mass is 16.6. The maximum absolute atomic E-state index is 15.0. The summed E-state index contributed by atoms with van der Waals surface area (Å²) < 4.78 is 18.4. The van der Waals surface area contributed by atoms with E-state index in [-0.39, 0.29) is 37.4 Å². The maximum Gasteiger partial charge on any atom is 0.407 e. The lowest BCUT2D eigenvalue weighted by Gasteiger charge is -2.45. The second kappa shape index (κ2) is 18.9. The van der Waals surface area contributed by atoms with Crippen molar-refractivity contribution in [1.29, 1.82) is 0 Å². The molecule has 17 heteroatoms. The third-order valence-corrected chi connectivity index (χ3v) is 8.78. The van der Waals surface area contributed by atoms with Crippen LogP contribution in [-0.2, 0) is 47.0 Å². The van der Waals surface area contributed by atoms with Crippen molar-refractivity contribution < 1.29 is 44.8 Å². The molecule has 0 radical (unpaired) electrons. The van der Waals surface area contributed by atoms with Gasteiger partial charge in [0.15, 0.2) is 5.54 Å². The Morgan fingerprint density at radius 1 is 1.09 bits per heavy atom. The molecule has 3 aromatic rings. The van der Waals surface area contributed by atoms with Gasteiger partial charge in [0, 0.05) is 31.8 Å². The highest BCUT2D eigenvalue weighted by Gasteiger charge is 2.56. The highest BCUT2D eigenvalue weighted by Crippen LogP contribution is 2.41. The molecule has 2 aromatic carbocycles. The van der Waals surface area contributed by atoms with Crippen LogP contribution in [0.2, 0.25) is 0 Å². The third kappa shape index (κ3) is 10.7. The molecule has 54 heavy (non-hydrogen) atoms. The average Bonchev–Trinajstić information content (AvgIpc) is 3.69. The number of methoxy groups -OCH3 is 1. The van der Waals surface area contributed by atoms with Crippen LogP contribution in [0.4, 0.5) is 10.5 Å². The summed E-state index contributed by atoms with van der Waals surface area (Å²) in [5.74, 6) is -4.62. The molecule has 0 fully saturated rings. The standard InChI is InChI=1S/C37H49N7O10/c1-7-23(2)37(34(49)53-6,25-11-9-8-10-12-25)43(33(48)29(41-31(46)20-38)18-26-21-39-22-40-26)32(47)19-30(45)28(42-35(50)54-36(3,4)5)17-24-13-15-27(16-14-24)44(51)52/h8-16,21-23,28-30,45H,7,17-20,38H2,1-6H3,(H,39,40)(H,41,46)(H,42,50)/t23-,28-,29-,30?,37+/m0/s1/i3D. The molecule has 0 spiro atoms. The van der Waals surface area contributed by atoms with Gasteiger partial charge in [-0.1, -0.05) is 62.7 Å². The summed E-state index contributed by atoms with van der Waals surface area (Å²) >= 11 is 0. The van der Waals surface area contributed by atoms with E-state index < -0.39 is 82.9 Å². The lowest BCUT2D eigenvalue weighted by atomic mass is 9.75. The van der Waals surface area contributed by atoms with Crippen LogP contribution in [0.25, 0.3) is 0 Å². The van der Waals surface area contributed by atoms with Crippen molar-refractivity contribution in [3.8, 4) is 0 Å². The van der Waals surface area contributed by atoms with E-state index in [1.807, 2.05) is 0 Å². The smallest absolute Gasteiger partial charge is 0.407 e. The van der Waals surface area contributed by atoms with Crippen molar-refractivity contribution in [3.05, 3.63) is 94.1 Å². The summed E-state index contributed by atoms with van der Waals surface area (Å²) in [6.45, 7) is 5.61. The molecule has 0 aliphatic heterocycles. The first-order valence-electron chi connectivity index (χ1n) is 17.9. The van der Waals surface area contributed by atoms with Gasteiger partial charge in [-0.15, -0.1) is 0 Å². The van der Waals surface area contributed by atoms with Crippen molar-refractivity contribution in [2.75, 3.05) is 13.7 Å². The summed E-state index contributed by atoms with van der Waals surface area (Å²) in [6, 6.07) is 10.5. The number of aromatic amines is 1. The molecule has 0 saturated carbocycles. The summed E-state index contributed by atoms with van der Waals surface area (Å²) in [7, 11) is 1.11. The van der Waals surface area contributed by atoms with Gasteiger partial charge < -0.3 is 35.9 Å². The molecule has 1 heterocycles. The number of hydrogen-bond acceptors (Lipinski definition) is 12. The van der Waals surface area contributed by atoms with Gasteiger partial charge in [-0.2, -0.15) is 0 Å². The van der Waals surface area contributed by atoms with E-state index in [9.17, 15) is 39.2 Å². The number of nitrogens with two attached hydrogens (primary N) is 1. The van der Waals surface area contributed by atoms with E-state index in [1.54, 1.807) is 44.2 Å². The fourth-order valence-electron chi connectivity index (χ4n) is 6.04. The Morgan fingerprint density at radius 2 is 1.76 bits per heavy atom. The Hall–Kier alpha value is -5.68. The van der Waals surface area contributed by atoms with E-state index >= 15 is 0 Å². The number of carbonyl (C=O) groups excluding carboxylic acids is 5. The van der Waals surface area contributed by atoms with Gasteiger partial charge in [0.2, 0.25) is 11.8 Å². The lowest BCUT2D eigenvalue weighted by Crippen LogP contribution is -2.65. The van der Waals surface area contributed by atoms with Gasteiger partial charge in [-0.25, -0.2) is 14.6 Å². The first-order chi connectivity index (χ1) is 26.0. The number of aliphatic hydroxyl groups excluding tert-OH is 1. The van der Waals surface area contributed by atoms with Crippen LogP contribution in [0.1, 0.15) is 65.6 Å². The number of carbonyl (C=O) groups is 5. The maximum atomic E-state index is 15.0. The molecule has 1 aromatic heterocycles. The normalized spacial score (nSPS) is 14.9. The van der Waals surface area contributed by atoms with E-state index in [1.165, 1.54) is 50.6 Å². The highest BCUT2D eigenvalue weighted by molar-refractivity contribution is 6.05. The SMILES string of the molecule is [2H]CC(C)(C)OC(=O)N[C@@H](Cc1ccc([N+](=O)[O-])cc1)C(O)CC(=O)N(C(=O)[C@H](Cc1cnc[nH]1)NC(=O)CN)[C@@](C(=O)OC)(c1ccccc1)[C@@H](C)CC. The molecule has 0 saturated heterocycles. The number of rotatable bonds is 17. The molecule has 0 aliphatic carbocycles. The summed E-state index contributed by atoms with van der Waals surface area (Å²) in [6.07, 6.45) is -1.01. The number of H-pyrrole nitrogens is 1. The number of imidazole rings is 1. The van der Waals surface area contributed by atoms with Gasteiger partial charge in [0.25, 0.3) is 11.6 Å². The third-order valence-electron chi connectivity index (χ3n) is 8.78. The molecule has 6 N–H and O–H groups in total. The Kier molecular flexibility index (Phi) is 14.4. The lowest BCUT2D eigenvalue weighted by molar-refractivity contribution is -0.384. The zero-order valence-corrected chi connectivity index (χ0v) is 30.9. The number of nitro groups is 1. The van der Waals surface area contributed by atoms with Gasteiger partial charge in [0.1, 0.15) is 11.6 Å². The van der Waals surface area contributed by atoms with Gasteiger partial charge in [-0.05, 0) is 44.2 Å². The molecule has 4 amide bonds. The quantitative estimate of drug-likeness (QED) is 0.0759. The number of ether oxygens (including phenoxy) is 2. The molecular formula is C37H49N7O10. The minimum absolute atomic E-state index is 0.169. The first kappa shape index (κ1) is 41.1. The molecule has 1 unspecified atom stereocenters. The second-order valence-electron chi connectivity index (χ2n) is 13.4. The number of amides is 4. The van der Waals surface area contributed by atoms with Crippen molar-refractivity contribution in [3.63, 3.8) is 0 Å². The number of esters is 1. The van der Waals surface area contributed by atoms with Crippen molar-refractivity contribution in [2.45, 2.75) is 89.6 Å². The molecule has 292 valence electrons. The zero-order chi connectivity index (χ0) is 40.9. The molecule has 0 aliphatic rings. The Morgan fingerprint density at radius 3 is 2.30 bits per heavy atom. The number of hydrogen-bond donors (Lipinski definition) is 5. The second-order valence-corrected chi connectivity index (χ2v) is 13.4. The van der Waals surface area contributed by atoms with Crippen LogP contribution in [0.15, 0.2) is 67.1 Å². The fraction of sp³-hybridized carbons (Fsp3) is 0.459. The fourth-order valence-corrected chi connectivity index (χ4v) is 6.04. The molecule has 3 rings (SSSR count). The number of aliphatic hydroxyl groups is 1. The van der Waals surface area contributed by atoms with Crippen molar-refractivity contribution in [1.82, 2.24) is 25.5 Å². The zero-order valence-electron chi connectivity index (χ0n) is 31.9. The van der Waals surface area contributed by atoms with Crippen molar-refractivity contribution >= 4 is 35.5 Å². The monoisotopic (exact) mass is 752 g/mol. The van der Waals surface area contributed by atoms with E-state index in [0.717, 1.165) is 7.11 Å². The van der Waals surface area contributed by atoms with Gasteiger partial charge in [0.05, 0.1) is 43.5 Å². The van der Waals surface area contributed by atoms with Crippen LogP contribution in [0, 0.1) is 16.0 Å². The van der Waals surface area contributed by atoms with Crippen LogP contribution < -0.4 is 16.4 Å². The van der Waals surface area contributed by atoms with E-state index in [0.29, 0.717) is 16.2 Å². The average molecular weight is 753 g/mol. The number of aromatic nitrogens is 2. The Balaban J connectivity index is 2.21. The molecular weight excluding hydrogens is 702 g/mol. The summed E-state index contributed by atoms with van der Waals surface area (Å²) in [5.41, 5.74) is 3.06. The predicted octanol–water partition coefficient (Wildman–Crippen LogP) is 2.66. The number of nitrogens with zero attached hydrogens (tertiary/aromatic N) is 3. The topological polar surface area (TPSA) is 249 Å². The number of alkyl carbamates (subject to hydrolysis) is 1. The van der Waals surface area contributed by atoms with Crippen molar-refractivity contribution in [2.24, 2.45) is 11.7 Å². The molecule has 0 bridgehead atoms. The van der Waals surface area contributed by atoms with E-state index in [2.05, 4.69) is 20.6 Å². The number of imide groups is 1. The molecule has 17 nitrogen and oxygen atoms in total. The minimum Gasteiger partial charge on any atom is -0.467 e. The van der Waals surface area contributed by atoms with Gasteiger partial charge >= 0.3 is 12.1 Å². The Labute approximate surface area is 314 Å². The van der Waals surface area contributed by atoms with Crippen LogP contribution in [-0.4, -0.2) is 92.1 Å².